The van der Waals surface area contributed by atoms with Crippen molar-refractivity contribution in [2.24, 2.45) is 0 Å². The van der Waals surface area contributed by atoms with Crippen molar-refractivity contribution >= 4 is 23.2 Å². The van der Waals surface area contributed by atoms with E-state index in [2.05, 4.69) is 20.7 Å². The third kappa shape index (κ3) is 4.09. The zero-order valence-corrected chi connectivity index (χ0v) is 16.5. The Morgan fingerprint density at radius 3 is 2.35 bits per heavy atom. The van der Waals surface area contributed by atoms with Gasteiger partial charge in [0.1, 0.15) is 12.1 Å². The van der Waals surface area contributed by atoms with Crippen LogP contribution in [0.5, 0.6) is 0 Å². The third-order valence-corrected chi connectivity index (χ3v) is 4.94. The van der Waals surface area contributed by atoms with Gasteiger partial charge in [-0.25, -0.2) is 9.67 Å². The highest BCUT2D eigenvalue weighted by Crippen LogP contribution is 2.39. The summed E-state index contributed by atoms with van der Waals surface area (Å²) in [6, 6.07) is 18.1. The highest BCUT2D eigenvalue weighted by atomic mass is 16.3. The molecule has 4 aromatic rings. The molecule has 2 heterocycles. The van der Waals surface area contributed by atoms with Gasteiger partial charge in [-0.2, -0.15) is 0 Å². The average molecular weight is 413 g/mol. The van der Waals surface area contributed by atoms with Gasteiger partial charge in [-0.1, -0.05) is 24.3 Å². The van der Waals surface area contributed by atoms with Gasteiger partial charge in [-0.3, -0.25) is 9.59 Å². The molecule has 1 aliphatic carbocycles. The first-order valence-electron chi connectivity index (χ1n) is 9.95. The van der Waals surface area contributed by atoms with E-state index in [9.17, 15) is 9.59 Å². The lowest BCUT2D eigenvalue weighted by atomic mass is 10.2. The van der Waals surface area contributed by atoms with Crippen molar-refractivity contribution in [1.29, 1.82) is 0 Å². The molecule has 8 nitrogen and oxygen atoms in total. The largest absolute Gasteiger partial charge is 0.472 e. The average Bonchev–Trinajstić information content (AvgIpc) is 3.29. The van der Waals surface area contributed by atoms with Gasteiger partial charge in [0, 0.05) is 17.3 Å². The van der Waals surface area contributed by atoms with Crippen molar-refractivity contribution in [3.05, 3.63) is 90.4 Å². The van der Waals surface area contributed by atoms with Crippen molar-refractivity contribution in [2.45, 2.75) is 18.8 Å². The number of benzene rings is 2. The molecule has 0 atom stereocenters. The first kappa shape index (κ1) is 18.8. The van der Waals surface area contributed by atoms with Crippen LogP contribution in [0, 0.1) is 0 Å². The van der Waals surface area contributed by atoms with E-state index < -0.39 is 5.91 Å². The van der Waals surface area contributed by atoms with Crippen LogP contribution in [0.4, 0.5) is 11.4 Å². The number of furan rings is 1. The smallest absolute Gasteiger partial charge is 0.295 e. The fourth-order valence-electron chi connectivity index (χ4n) is 3.24. The molecule has 31 heavy (non-hydrogen) atoms. The number of carbonyl (C=O) groups excluding carboxylic acids is 2. The molecule has 1 aliphatic rings. The molecule has 5 rings (SSSR count). The maximum absolute atomic E-state index is 12.8. The van der Waals surface area contributed by atoms with Crippen molar-refractivity contribution in [2.75, 3.05) is 10.6 Å². The number of nitrogens with zero attached hydrogens (tertiary/aromatic N) is 3. The highest BCUT2D eigenvalue weighted by molar-refractivity contribution is 6.05. The Kier molecular flexibility index (Phi) is 4.80. The Morgan fingerprint density at radius 2 is 1.68 bits per heavy atom. The number of carbonyl (C=O) groups is 2. The van der Waals surface area contributed by atoms with E-state index >= 15 is 0 Å². The second-order valence-corrected chi connectivity index (χ2v) is 7.32. The molecular formula is C23H19N5O3. The second-order valence-electron chi connectivity index (χ2n) is 7.32. The fraction of sp³-hybridized carbons (Fsp3) is 0.130. The third-order valence-electron chi connectivity index (χ3n) is 4.94. The summed E-state index contributed by atoms with van der Waals surface area (Å²) < 4.78 is 6.67. The molecule has 0 bridgehead atoms. The molecule has 2 amide bonds. The van der Waals surface area contributed by atoms with E-state index in [-0.39, 0.29) is 11.7 Å². The standard InChI is InChI=1S/C23H19N5O3/c29-22(16-11-12-31-14-16)24-17-5-4-6-18(13-17)25-23(30)20-26-21(15-9-10-15)28(27-20)19-7-2-1-3-8-19/h1-8,11-15H,9-10H2,(H,24,29)(H,25,30). The summed E-state index contributed by atoms with van der Waals surface area (Å²) in [5.41, 5.74) is 2.36. The Hall–Kier alpha value is -4.20. The van der Waals surface area contributed by atoms with Crippen LogP contribution in [-0.4, -0.2) is 26.6 Å². The lowest BCUT2D eigenvalue weighted by molar-refractivity contribution is 0.101. The number of amides is 2. The van der Waals surface area contributed by atoms with Crippen molar-refractivity contribution in [3.63, 3.8) is 0 Å². The van der Waals surface area contributed by atoms with Crippen LogP contribution in [0.15, 0.2) is 77.6 Å². The molecule has 8 heteroatoms. The summed E-state index contributed by atoms with van der Waals surface area (Å²) in [6.07, 6.45) is 4.89. The molecule has 2 N–H and O–H groups in total. The van der Waals surface area contributed by atoms with Gasteiger partial charge in [-0.15, -0.1) is 5.10 Å². The van der Waals surface area contributed by atoms with Gasteiger partial charge in [0.2, 0.25) is 5.82 Å². The Labute approximate surface area is 177 Å². The number of para-hydroxylation sites is 1. The van der Waals surface area contributed by atoms with Crippen LogP contribution in [0.25, 0.3) is 5.69 Å². The highest BCUT2D eigenvalue weighted by Gasteiger charge is 2.31. The van der Waals surface area contributed by atoms with Gasteiger partial charge in [0.25, 0.3) is 11.8 Å². The van der Waals surface area contributed by atoms with Crippen LogP contribution < -0.4 is 10.6 Å². The van der Waals surface area contributed by atoms with Crippen molar-refractivity contribution in [3.8, 4) is 5.69 Å². The van der Waals surface area contributed by atoms with Crippen molar-refractivity contribution in [1.82, 2.24) is 14.8 Å². The fourth-order valence-corrected chi connectivity index (χ4v) is 3.24. The molecular weight excluding hydrogens is 394 g/mol. The molecule has 1 saturated carbocycles. The van der Waals surface area contributed by atoms with Crippen LogP contribution in [0.2, 0.25) is 0 Å². The second kappa shape index (κ2) is 7.91. The minimum absolute atomic E-state index is 0.110. The van der Waals surface area contributed by atoms with Gasteiger partial charge in [-0.05, 0) is 49.2 Å². The summed E-state index contributed by atoms with van der Waals surface area (Å²) >= 11 is 0. The monoisotopic (exact) mass is 413 g/mol. The number of rotatable bonds is 6. The zero-order chi connectivity index (χ0) is 21.2. The van der Waals surface area contributed by atoms with E-state index in [0.717, 1.165) is 24.4 Å². The quantitative estimate of drug-likeness (QED) is 0.492. The number of aromatic nitrogens is 3. The van der Waals surface area contributed by atoms with E-state index in [1.807, 2.05) is 30.3 Å². The van der Waals surface area contributed by atoms with Gasteiger partial charge in [0.15, 0.2) is 0 Å². The Balaban J connectivity index is 1.34. The number of anilines is 2. The minimum Gasteiger partial charge on any atom is -0.472 e. The summed E-state index contributed by atoms with van der Waals surface area (Å²) in [7, 11) is 0. The predicted octanol–water partition coefficient (Wildman–Crippen LogP) is 4.24. The summed E-state index contributed by atoms with van der Waals surface area (Å²) in [6.45, 7) is 0. The maximum atomic E-state index is 12.8. The maximum Gasteiger partial charge on any atom is 0.295 e. The normalized spacial score (nSPS) is 13.0. The SMILES string of the molecule is O=C(Nc1cccc(NC(=O)c2nc(C3CC3)n(-c3ccccc3)n2)c1)c1ccoc1. The van der Waals surface area contributed by atoms with E-state index in [1.165, 1.54) is 12.5 Å². The van der Waals surface area contributed by atoms with Crippen LogP contribution >= 0.6 is 0 Å². The first-order chi connectivity index (χ1) is 15.2. The molecule has 2 aromatic carbocycles. The molecule has 0 unspecified atom stereocenters. The molecule has 154 valence electrons. The van der Waals surface area contributed by atoms with Crippen LogP contribution in [0.3, 0.4) is 0 Å². The lowest BCUT2D eigenvalue weighted by Gasteiger charge is -2.07. The first-order valence-corrected chi connectivity index (χ1v) is 9.95. The number of nitrogens with one attached hydrogen (secondary N) is 2. The van der Waals surface area contributed by atoms with Crippen molar-refractivity contribution < 1.29 is 14.0 Å². The lowest BCUT2D eigenvalue weighted by Crippen LogP contribution is -2.15. The molecule has 2 aromatic heterocycles. The summed E-state index contributed by atoms with van der Waals surface area (Å²) in [5.74, 6) is 0.538. The van der Waals surface area contributed by atoms with Crippen LogP contribution in [-0.2, 0) is 0 Å². The number of hydrogen-bond donors (Lipinski definition) is 2. The Bertz CT molecular complexity index is 1230. The van der Waals surface area contributed by atoms with Crippen LogP contribution in [0.1, 0.15) is 45.6 Å². The Morgan fingerprint density at radius 1 is 0.935 bits per heavy atom. The number of hydrogen-bond acceptors (Lipinski definition) is 5. The summed E-state index contributed by atoms with van der Waals surface area (Å²) in [4.78, 5) is 29.5. The molecule has 0 spiro atoms. The molecule has 0 radical (unpaired) electrons. The summed E-state index contributed by atoms with van der Waals surface area (Å²) in [5, 5.41) is 10.0. The van der Waals surface area contributed by atoms with E-state index in [1.54, 1.807) is 35.0 Å². The molecule has 0 aliphatic heterocycles. The minimum atomic E-state index is -0.408. The predicted molar refractivity (Wildman–Crippen MR) is 114 cm³/mol. The molecule has 1 fully saturated rings. The van der Waals surface area contributed by atoms with Gasteiger partial charge < -0.3 is 15.1 Å². The molecule has 0 saturated heterocycles. The van der Waals surface area contributed by atoms with E-state index in [0.29, 0.717) is 22.9 Å². The van der Waals surface area contributed by atoms with Gasteiger partial charge >= 0.3 is 0 Å². The van der Waals surface area contributed by atoms with Gasteiger partial charge in [0.05, 0.1) is 17.5 Å². The van der Waals surface area contributed by atoms with E-state index in [4.69, 9.17) is 4.42 Å². The topological polar surface area (TPSA) is 102 Å². The zero-order valence-electron chi connectivity index (χ0n) is 16.5.